The zero-order chi connectivity index (χ0) is 13.9. The van der Waals surface area contributed by atoms with Crippen LogP contribution in [0, 0.1) is 0 Å². The molecular weight excluding hydrogens is 252 g/mol. The van der Waals surface area contributed by atoms with Gasteiger partial charge < -0.3 is 9.84 Å². The minimum atomic E-state index is -0.118. The second-order valence-corrected chi connectivity index (χ2v) is 4.55. The van der Waals surface area contributed by atoms with Crippen LogP contribution >= 0.6 is 0 Å². The third kappa shape index (κ3) is 2.26. The van der Waals surface area contributed by atoms with Crippen LogP contribution in [0.15, 0.2) is 48.7 Å². The van der Waals surface area contributed by atoms with Crippen molar-refractivity contribution < 1.29 is 9.84 Å². The Hall–Kier alpha value is -2.33. The van der Waals surface area contributed by atoms with E-state index in [0.29, 0.717) is 11.6 Å². The summed E-state index contributed by atoms with van der Waals surface area (Å²) in [5.41, 5.74) is 2.67. The summed E-state index contributed by atoms with van der Waals surface area (Å²) >= 11 is 0. The number of benzene rings is 1. The highest BCUT2D eigenvalue weighted by molar-refractivity contribution is 5.46. The van der Waals surface area contributed by atoms with Gasteiger partial charge in [-0.3, -0.25) is 4.40 Å². The highest BCUT2D eigenvalue weighted by Crippen LogP contribution is 2.26. The van der Waals surface area contributed by atoms with Gasteiger partial charge in [-0.2, -0.15) is 4.98 Å². The zero-order valence-electron chi connectivity index (χ0n) is 11.3. The smallest absolute Gasteiger partial charge is 0.243 e. The molecule has 4 nitrogen and oxygen atoms in total. The molecule has 0 aliphatic rings. The molecule has 0 aliphatic carbocycles. The summed E-state index contributed by atoms with van der Waals surface area (Å²) in [6.07, 6.45) is 2.86. The van der Waals surface area contributed by atoms with Gasteiger partial charge in [-0.1, -0.05) is 25.1 Å². The average molecular weight is 268 g/mol. The standard InChI is InChI=1S/C16H16N2O2/c1-2-12-6-8-13(9-7-12)20-16-14(11-19)18-10-4-3-5-15(18)17-16/h3-10,19H,2,11H2,1H3. The van der Waals surface area contributed by atoms with Crippen molar-refractivity contribution in [3.63, 3.8) is 0 Å². The van der Waals surface area contributed by atoms with Crippen LogP contribution in [0.1, 0.15) is 18.2 Å². The van der Waals surface area contributed by atoms with Crippen LogP contribution in [0.2, 0.25) is 0 Å². The Morgan fingerprint density at radius 1 is 1.15 bits per heavy atom. The van der Waals surface area contributed by atoms with Crippen molar-refractivity contribution in [1.82, 2.24) is 9.38 Å². The average Bonchev–Trinajstić information content (AvgIpc) is 2.85. The Bertz CT molecular complexity index is 717. The number of hydrogen-bond donors (Lipinski definition) is 1. The summed E-state index contributed by atoms with van der Waals surface area (Å²) < 4.78 is 7.62. The maximum Gasteiger partial charge on any atom is 0.243 e. The molecule has 0 spiro atoms. The number of nitrogens with zero attached hydrogens (tertiary/aromatic N) is 2. The third-order valence-corrected chi connectivity index (χ3v) is 3.29. The number of aromatic nitrogens is 2. The number of ether oxygens (including phenoxy) is 1. The van der Waals surface area contributed by atoms with E-state index in [0.717, 1.165) is 17.8 Å². The lowest BCUT2D eigenvalue weighted by molar-refractivity contribution is 0.269. The number of fused-ring (bicyclic) bond motifs is 1. The number of rotatable bonds is 4. The molecule has 1 N–H and O–H groups in total. The van der Waals surface area contributed by atoms with E-state index in [1.54, 1.807) is 0 Å². The van der Waals surface area contributed by atoms with Crippen molar-refractivity contribution in [2.24, 2.45) is 0 Å². The minimum absolute atomic E-state index is 0.118. The molecule has 1 aromatic carbocycles. The molecule has 0 bridgehead atoms. The first-order valence-corrected chi connectivity index (χ1v) is 6.65. The Labute approximate surface area is 117 Å². The molecule has 4 heteroatoms. The monoisotopic (exact) mass is 268 g/mol. The fourth-order valence-corrected chi connectivity index (χ4v) is 2.16. The second-order valence-electron chi connectivity index (χ2n) is 4.55. The van der Waals surface area contributed by atoms with Crippen molar-refractivity contribution in [2.75, 3.05) is 0 Å². The molecule has 0 fully saturated rings. The molecule has 3 aromatic rings. The van der Waals surface area contributed by atoms with Crippen LogP contribution in [0.3, 0.4) is 0 Å². The predicted molar refractivity (Wildman–Crippen MR) is 77.0 cm³/mol. The maximum absolute atomic E-state index is 9.52. The maximum atomic E-state index is 9.52. The summed E-state index contributed by atoms with van der Waals surface area (Å²) in [6.45, 7) is 2.00. The van der Waals surface area contributed by atoms with Crippen LogP contribution in [0.4, 0.5) is 0 Å². The number of imidazole rings is 1. The fraction of sp³-hybridized carbons (Fsp3) is 0.188. The van der Waals surface area contributed by atoms with Crippen molar-refractivity contribution in [3.05, 3.63) is 59.9 Å². The van der Waals surface area contributed by atoms with Gasteiger partial charge in [-0.25, -0.2) is 0 Å². The zero-order valence-corrected chi connectivity index (χ0v) is 11.3. The molecule has 0 radical (unpaired) electrons. The van der Waals surface area contributed by atoms with Gasteiger partial charge in [0.1, 0.15) is 17.1 Å². The van der Waals surface area contributed by atoms with Crippen LogP contribution in [0.5, 0.6) is 11.6 Å². The largest absolute Gasteiger partial charge is 0.437 e. The molecule has 0 aliphatic heterocycles. The van der Waals surface area contributed by atoms with Gasteiger partial charge in [-0.05, 0) is 36.2 Å². The number of aliphatic hydroxyl groups is 1. The first kappa shape index (κ1) is 12.7. The Kier molecular flexibility index (Phi) is 3.39. The number of hydrogen-bond acceptors (Lipinski definition) is 3. The van der Waals surface area contributed by atoms with Crippen LogP contribution in [-0.4, -0.2) is 14.5 Å². The SMILES string of the molecule is CCc1ccc(Oc2nc3ccccn3c2CO)cc1. The highest BCUT2D eigenvalue weighted by atomic mass is 16.5. The van der Waals surface area contributed by atoms with Gasteiger partial charge >= 0.3 is 0 Å². The quantitative estimate of drug-likeness (QED) is 0.790. The van der Waals surface area contributed by atoms with Gasteiger partial charge in [0.25, 0.3) is 0 Å². The van der Waals surface area contributed by atoms with Crippen LogP contribution in [0.25, 0.3) is 5.65 Å². The van der Waals surface area contributed by atoms with Crippen molar-refractivity contribution >= 4 is 5.65 Å². The molecule has 0 unspecified atom stereocenters. The fourth-order valence-electron chi connectivity index (χ4n) is 2.16. The van der Waals surface area contributed by atoms with Gasteiger partial charge in [0.15, 0.2) is 0 Å². The van der Waals surface area contributed by atoms with E-state index >= 15 is 0 Å². The lowest BCUT2D eigenvalue weighted by Crippen LogP contribution is -1.94. The number of pyridine rings is 1. The van der Waals surface area contributed by atoms with E-state index in [2.05, 4.69) is 11.9 Å². The highest BCUT2D eigenvalue weighted by Gasteiger charge is 2.12. The Morgan fingerprint density at radius 2 is 1.95 bits per heavy atom. The van der Waals surface area contributed by atoms with E-state index < -0.39 is 0 Å². The van der Waals surface area contributed by atoms with Gasteiger partial charge in [0.05, 0.1) is 6.61 Å². The van der Waals surface area contributed by atoms with E-state index in [1.165, 1.54) is 5.56 Å². The van der Waals surface area contributed by atoms with Gasteiger partial charge in [-0.15, -0.1) is 0 Å². The Morgan fingerprint density at radius 3 is 2.65 bits per heavy atom. The molecule has 0 saturated carbocycles. The first-order valence-electron chi connectivity index (χ1n) is 6.65. The minimum Gasteiger partial charge on any atom is -0.437 e. The summed E-state index contributed by atoms with van der Waals surface area (Å²) in [5, 5.41) is 9.52. The Balaban J connectivity index is 1.96. The van der Waals surface area contributed by atoms with Gasteiger partial charge in [0.2, 0.25) is 5.88 Å². The lowest BCUT2D eigenvalue weighted by atomic mass is 10.2. The van der Waals surface area contributed by atoms with Crippen LogP contribution < -0.4 is 4.74 Å². The second kappa shape index (κ2) is 5.35. The van der Waals surface area contributed by atoms with Crippen LogP contribution in [-0.2, 0) is 13.0 Å². The normalized spacial score (nSPS) is 10.9. The molecule has 2 heterocycles. The van der Waals surface area contributed by atoms with E-state index in [4.69, 9.17) is 4.74 Å². The number of aliphatic hydroxyl groups excluding tert-OH is 1. The molecule has 0 saturated heterocycles. The lowest BCUT2D eigenvalue weighted by Gasteiger charge is -2.05. The summed E-state index contributed by atoms with van der Waals surface area (Å²) in [6, 6.07) is 13.6. The topological polar surface area (TPSA) is 46.8 Å². The molecule has 20 heavy (non-hydrogen) atoms. The molecule has 0 amide bonds. The molecule has 0 atom stereocenters. The van der Waals surface area contributed by atoms with E-state index in [9.17, 15) is 5.11 Å². The third-order valence-electron chi connectivity index (χ3n) is 3.29. The molecule has 3 rings (SSSR count). The summed E-state index contributed by atoms with van der Waals surface area (Å²) in [5.74, 6) is 1.17. The summed E-state index contributed by atoms with van der Waals surface area (Å²) in [7, 11) is 0. The summed E-state index contributed by atoms with van der Waals surface area (Å²) in [4.78, 5) is 4.40. The van der Waals surface area contributed by atoms with E-state index in [1.807, 2.05) is 53.1 Å². The van der Waals surface area contributed by atoms with E-state index in [-0.39, 0.29) is 6.61 Å². The number of aryl methyl sites for hydroxylation is 1. The first-order chi connectivity index (χ1) is 9.81. The molecular formula is C16H16N2O2. The molecule has 102 valence electrons. The van der Waals surface area contributed by atoms with Crippen molar-refractivity contribution in [3.8, 4) is 11.6 Å². The van der Waals surface area contributed by atoms with Crippen molar-refractivity contribution in [2.45, 2.75) is 20.0 Å². The van der Waals surface area contributed by atoms with Gasteiger partial charge in [0, 0.05) is 6.20 Å². The molecule has 2 aromatic heterocycles. The van der Waals surface area contributed by atoms with Crippen molar-refractivity contribution in [1.29, 1.82) is 0 Å². The predicted octanol–water partition coefficient (Wildman–Crippen LogP) is 3.18.